The van der Waals surface area contributed by atoms with E-state index in [9.17, 15) is 0 Å². The van der Waals surface area contributed by atoms with Crippen molar-refractivity contribution in [2.45, 2.75) is 12.5 Å². The third kappa shape index (κ3) is 2.66. The van der Waals surface area contributed by atoms with Crippen molar-refractivity contribution in [3.05, 3.63) is 46.7 Å². The number of ether oxygens (including phenoxy) is 1. The molecule has 0 spiro atoms. The molecule has 0 bridgehead atoms. The fraction of sp³-hybridized carbons (Fsp3) is 0.308. The van der Waals surface area contributed by atoms with E-state index in [0.29, 0.717) is 11.4 Å². The maximum Gasteiger partial charge on any atom is 0.119 e. The first kappa shape index (κ1) is 12.9. The molecule has 0 saturated heterocycles. The van der Waals surface area contributed by atoms with Crippen molar-refractivity contribution in [1.29, 1.82) is 0 Å². The first-order valence-corrected chi connectivity index (χ1v) is 6.05. The highest BCUT2D eigenvalue weighted by Crippen LogP contribution is 2.24. The minimum absolute atomic E-state index is 0.183. The Hall–Kier alpha value is -1.52. The summed E-state index contributed by atoms with van der Waals surface area (Å²) in [5.74, 6) is 0.829. The Bertz CT molecular complexity index is 519. The van der Waals surface area contributed by atoms with Gasteiger partial charge in [0, 0.05) is 7.05 Å². The molecule has 1 atom stereocenters. The second kappa shape index (κ2) is 5.42. The Morgan fingerprint density at radius 2 is 2.28 bits per heavy atom. The van der Waals surface area contributed by atoms with Gasteiger partial charge in [0.05, 0.1) is 30.1 Å². The lowest BCUT2D eigenvalue weighted by atomic mass is 10.0. The van der Waals surface area contributed by atoms with Crippen LogP contribution in [0, 0.1) is 0 Å². The monoisotopic (exact) mass is 265 g/mol. The van der Waals surface area contributed by atoms with Gasteiger partial charge in [-0.15, -0.1) is 0 Å². The van der Waals surface area contributed by atoms with Crippen molar-refractivity contribution in [1.82, 2.24) is 9.78 Å². The summed E-state index contributed by atoms with van der Waals surface area (Å²) in [6, 6.07) is 7.67. The van der Waals surface area contributed by atoms with Crippen LogP contribution in [-0.2, 0) is 13.5 Å². The van der Waals surface area contributed by atoms with E-state index >= 15 is 0 Å². The van der Waals surface area contributed by atoms with E-state index in [-0.39, 0.29) is 6.04 Å². The fourth-order valence-electron chi connectivity index (χ4n) is 1.99. The molecule has 0 aliphatic carbocycles. The number of rotatable bonds is 4. The van der Waals surface area contributed by atoms with Gasteiger partial charge in [-0.1, -0.05) is 23.7 Å². The summed E-state index contributed by atoms with van der Waals surface area (Å²) < 4.78 is 6.91. The van der Waals surface area contributed by atoms with E-state index in [0.717, 1.165) is 17.0 Å². The molecule has 0 aliphatic heterocycles. The maximum absolute atomic E-state index is 6.18. The normalized spacial score (nSPS) is 12.4. The van der Waals surface area contributed by atoms with Crippen LogP contribution in [0.1, 0.15) is 17.3 Å². The molecule has 0 aliphatic rings. The highest BCUT2D eigenvalue weighted by atomic mass is 35.5. The van der Waals surface area contributed by atoms with E-state index in [2.05, 4.69) is 5.10 Å². The molecule has 1 aromatic carbocycles. The second-order valence-electron chi connectivity index (χ2n) is 4.16. The van der Waals surface area contributed by atoms with Gasteiger partial charge in [-0.25, -0.2) is 0 Å². The Balaban J connectivity index is 2.18. The van der Waals surface area contributed by atoms with Gasteiger partial charge in [-0.3, -0.25) is 4.68 Å². The second-order valence-corrected chi connectivity index (χ2v) is 4.57. The number of benzene rings is 1. The number of hydrogen-bond acceptors (Lipinski definition) is 3. The molecule has 96 valence electrons. The molecule has 0 saturated carbocycles. The summed E-state index contributed by atoms with van der Waals surface area (Å²) in [6.07, 6.45) is 2.30. The van der Waals surface area contributed by atoms with Crippen molar-refractivity contribution in [3.8, 4) is 5.75 Å². The first-order chi connectivity index (χ1) is 8.61. The topological polar surface area (TPSA) is 53.1 Å². The maximum atomic E-state index is 6.18. The lowest BCUT2D eigenvalue weighted by molar-refractivity contribution is 0.414. The zero-order valence-electron chi connectivity index (χ0n) is 10.4. The summed E-state index contributed by atoms with van der Waals surface area (Å²) in [7, 11) is 3.49. The Morgan fingerprint density at radius 3 is 2.89 bits per heavy atom. The summed E-state index contributed by atoms with van der Waals surface area (Å²) >= 11 is 6.08. The molecular formula is C13H16ClN3O. The predicted octanol–water partition coefficient (Wildman–Crippen LogP) is 2.32. The Labute approximate surface area is 111 Å². The first-order valence-electron chi connectivity index (χ1n) is 5.67. The molecule has 0 radical (unpaired) electrons. The van der Waals surface area contributed by atoms with E-state index < -0.39 is 0 Å². The van der Waals surface area contributed by atoms with E-state index in [1.807, 2.05) is 31.3 Å². The predicted molar refractivity (Wildman–Crippen MR) is 71.8 cm³/mol. The van der Waals surface area contributed by atoms with Crippen molar-refractivity contribution in [2.75, 3.05) is 7.11 Å². The van der Waals surface area contributed by atoms with Crippen molar-refractivity contribution < 1.29 is 4.74 Å². The van der Waals surface area contributed by atoms with Crippen LogP contribution < -0.4 is 10.5 Å². The van der Waals surface area contributed by atoms with E-state index in [1.165, 1.54) is 0 Å². The van der Waals surface area contributed by atoms with Gasteiger partial charge < -0.3 is 10.5 Å². The lowest BCUT2D eigenvalue weighted by Crippen LogP contribution is -2.17. The number of aromatic nitrogens is 2. The molecule has 1 heterocycles. The van der Waals surface area contributed by atoms with E-state index in [1.54, 1.807) is 18.0 Å². The van der Waals surface area contributed by atoms with Crippen LogP contribution in [0.15, 0.2) is 30.5 Å². The molecule has 5 heteroatoms. The smallest absolute Gasteiger partial charge is 0.119 e. The molecule has 1 aromatic heterocycles. The van der Waals surface area contributed by atoms with Crippen molar-refractivity contribution in [2.24, 2.45) is 12.8 Å². The molecule has 0 amide bonds. The van der Waals surface area contributed by atoms with Crippen molar-refractivity contribution >= 4 is 11.6 Å². The van der Waals surface area contributed by atoms with Crippen LogP contribution in [0.25, 0.3) is 0 Å². The summed E-state index contributed by atoms with van der Waals surface area (Å²) in [5.41, 5.74) is 8.14. The zero-order valence-corrected chi connectivity index (χ0v) is 11.2. The van der Waals surface area contributed by atoms with Gasteiger partial charge in [0.1, 0.15) is 5.75 Å². The number of methoxy groups -OCH3 is 1. The van der Waals surface area contributed by atoms with Gasteiger partial charge >= 0.3 is 0 Å². The number of nitrogens with zero attached hydrogens (tertiary/aromatic N) is 2. The fourth-order valence-corrected chi connectivity index (χ4v) is 2.29. The molecule has 18 heavy (non-hydrogen) atoms. The molecule has 2 rings (SSSR count). The van der Waals surface area contributed by atoms with Gasteiger partial charge in [0.15, 0.2) is 0 Å². The summed E-state index contributed by atoms with van der Waals surface area (Å²) in [4.78, 5) is 0. The number of halogens is 1. The zero-order chi connectivity index (χ0) is 13.1. The van der Waals surface area contributed by atoms with Gasteiger partial charge in [-0.05, 0) is 24.1 Å². The summed E-state index contributed by atoms with van der Waals surface area (Å²) in [5, 5.41) is 4.70. The van der Waals surface area contributed by atoms with Crippen LogP contribution in [0.4, 0.5) is 0 Å². The highest BCUT2D eigenvalue weighted by Gasteiger charge is 2.15. The van der Waals surface area contributed by atoms with Crippen LogP contribution in [0.5, 0.6) is 5.75 Å². The molecule has 2 aromatic rings. The largest absolute Gasteiger partial charge is 0.497 e. The number of hydrogen-bond donors (Lipinski definition) is 1. The highest BCUT2D eigenvalue weighted by molar-refractivity contribution is 6.31. The SMILES string of the molecule is COc1cccc(CC(N)c2c(Cl)cnn2C)c1. The quantitative estimate of drug-likeness (QED) is 0.923. The third-order valence-electron chi connectivity index (χ3n) is 2.88. The Kier molecular flexibility index (Phi) is 3.89. The Morgan fingerprint density at radius 1 is 1.50 bits per heavy atom. The molecule has 2 N–H and O–H groups in total. The molecule has 1 unspecified atom stereocenters. The van der Waals surface area contributed by atoms with E-state index in [4.69, 9.17) is 22.1 Å². The number of aryl methyl sites for hydroxylation is 1. The van der Waals surface area contributed by atoms with Crippen LogP contribution in [0.2, 0.25) is 5.02 Å². The van der Waals surface area contributed by atoms with Gasteiger partial charge in [-0.2, -0.15) is 5.10 Å². The third-order valence-corrected chi connectivity index (χ3v) is 3.17. The average molecular weight is 266 g/mol. The van der Waals surface area contributed by atoms with Gasteiger partial charge in [0.2, 0.25) is 0 Å². The lowest BCUT2D eigenvalue weighted by Gasteiger charge is -2.13. The molecule has 0 fully saturated rings. The van der Waals surface area contributed by atoms with Gasteiger partial charge in [0.25, 0.3) is 0 Å². The number of nitrogens with two attached hydrogens (primary N) is 1. The standard InChI is InChI=1S/C13H16ClN3O/c1-17-13(11(14)8-16-17)12(15)7-9-4-3-5-10(6-9)18-2/h3-6,8,12H,7,15H2,1-2H3. The minimum atomic E-state index is -0.183. The van der Waals surface area contributed by atoms with Crippen LogP contribution in [0.3, 0.4) is 0 Å². The molecule has 4 nitrogen and oxygen atoms in total. The summed E-state index contributed by atoms with van der Waals surface area (Å²) in [6.45, 7) is 0. The van der Waals surface area contributed by atoms with Crippen molar-refractivity contribution in [3.63, 3.8) is 0 Å². The van der Waals surface area contributed by atoms with Crippen LogP contribution in [-0.4, -0.2) is 16.9 Å². The van der Waals surface area contributed by atoms with Crippen LogP contribution >= 0.6 is 11.6 Å². The average Bonchev–Trinajstić information content (AvgIpc) is 2.69. The molecular weight excluding hydrogens is 250 g/mol. The minimum Gasteiger partial charge on any atom is -0.497 e.